The van der Waals surface area contributed by atoms with Crippen molar-refractivity contribution in [1.82, 2.24) is 31.2 Å². The van der Waals surface area contributed by atoms with Crippen molar-refractivity contribution in [2.45, 2.75) is 62.7 Å². The maximum Gasteiger partial charge on any atom is 0.244 e. The van der Waals surface area contributed by atoms with E-state index in [-0.39, 0.29) is 44.5 Å². The van der Waals surface area contributed by atoms with Crippen molar-refractivity contribution in [3.8, 4) is 5.75 Å². The van der Waals surface area contributed by atoms with Crippen molar-refractivity contribution < 1.29 is 29.1 Å². The molecule has 0 bridgehead atoms. The van der Waals surface area contributed by atoms with Crippen molar-refractivity contribution in [1.29, 1.82) is 0 Å². The van der Waals surface area contributed by atoms with Crippen LogP contribution in [0.1, 0.15) is 42.4 Å². The molecule has 0 radical (unpaired) electrons. The maximum absolute atomic E-state index is 14.1. The van der Waals surface area contributed by atoms with Crippen LogP contribution in [-0.2, 0) is 36.8 Å². The number of rotatable bonds is 20. The molecule has 0 aliphatic heterocycles. The number of aromatic amines is 2. The molecule has 2 aromatic heterocycles. The second-order valence-corrected chi connectivity index (χ2v) is 13.6. The van der Waals surface area contributed by atoms with Gasteiger partial charge in [-0.05, 0) is 85.8 Å². The summed E-state index contributed by atoms with van der Waals surface area (Å²) in [7, 11) is 0. The fourth-order valence-electron chi connectivity index (χ4n) is 6.45. The highest BCUT2D eigenvalue weighted by Crippen LogP contribution is 2.21. The van der Waals surface area contributed by atoms with Gasteiger partial charge in [-0.2, -0.15) is 0 Å². The SMILES string of the molecule is NCCC[C@H](NC(=O)/C=C/c1ccc(O)cc1)C(=O)N[C@@H](CCCN)C(=O)N[C@@H](Cc1c[nH]c2ccccc12)C(=O)N[C@@H](Cc1c[nH]c2ccccc12)C(N)=O. The Morgan fingerprint density at radius 3 is 1.62 bits per heavy atom. The Kier molecular flexibility index (Phi) is 14.4. The van der Waals surface area contributed by atoms with Gasteiger partial charge in [0.05, 0.1) is 0 Å². The van der Waals surface area contributed by atoms with E-state index >= 15 is 0 Å². The standard InChI is InChI=1S/C41H49N9O6/c42-19-5-11-33(47-37(52)18-15-25-13-16-28(51)17-14-25)39(54)48-34(12-6-20-43)40(55)50-36(22-27-24-46-32-10-4-2-8-30(27)32)41(56)49-35(38(44)53)21-26-23-45-31-9-3-1-7-29(26)31/h1-4,7-10,13-18,23-24,33-36,45-46,51H,5-6,11-12,19-22,42-43H2,(H2,44,53)(H,47,52)(H,48,54)(H,49,56)(H,50,55)/b18-15+/t33-,34-,35-,36-/m0/s1. The van der Waals surface area contributed by atoms with E-state index in [2.05, 4.69) is 31.2 Å². The zero-order chi connectivity index (χ0) is 40.0. The maximum atomic E-state index is 14.1. The van der Waals surface area contributed by atoms with Gasteiger partial charge in [0.15, 0.2) is 0 Å². The van der Waals surface area contributed by atoms with E-state index in [9.17, 15) is 29.1 Å². The molecule has 5 aromatic rings. The van der Waals surface area contributed by atoms with Crippen LogP contribution < -0.4 is 38.5 Å². The van der Waals surface area contributed by atoms with E-state index in [0.29, 0.717) is 18.4 Å². The van der Waals surface area contributed by atoms with Crippen LogP contribution in [0, 0.1) is 0 Å². The molecule has 0 saturated carbocycles. The number of primary amides is 1. The van der Waals surface area contributed by atoms with Gasteiger partial charge in [0.25, 0.3) is 0 Å². The van der Waals surface area contributed by atoms with Gasteiger partial charge in [0.2, 0.25) is 29.5 Å². The number of carbonyl (C=O) groups excluding carboxylic acids is 5. The van der Waals surface area contributed by atoms with Crippen LogP contribution in [0.2, 0.25) is 0 Å². The van der Waals surface area contributed by atoms with Gasteiger partial charge in [-0.3, -0.25) is 24.0 Å². The van der Waals surface area contributed by atoms with Crippen molar-refractivity contribution in [2.24, 2.45) is 17.2 Å². The second kappa shape index (κ2) is 19.8. The monoisotopic (exact) mass is 763 g/mol. The molecule has 15 heteroatoms. The third-order valence-electron chi connectivity index (χ3n) is 9.47. The molecule has 13 N–H and O–H groups in total. The number of phenolic OH excluding ortho intramolecular Hbond substituents is 1. The van der Waals surface area contributed by atoms with Crippen LogP contribution in [0.3, 0.4) is 0 Å². The highest BCUT2D eigenvalue weighted by atomic mass is 16.3. The summed E-state index contributed by atoms with van der Waals surface area (Å²) in [5.41, 5.74) is 21.2. The van der Waals surface area contributed by atoms with E-state index in [1.807, 2.05) is 48.5 Å². The Bertz CT molecular complexity index is 2160. The molecule has 3 aromatic carbocycles. The Morgan fingerprint density at radius 2 is 1.09 bits per heavy atom. The molecule has 4 atom stereocenters. The van der Waals surface area contributed by atoms with E-state index in [4.69, 9.17) is 17.2 Å². The highest BCUT2D eigenvalue weighted by molar-refractivity contribution is 5.98. The lowest BCUT2D eigenvalue weighted by atomic mass is 10.0. The first-order valence-electron chi connectivity index (χ1n) is 18.5. The third kappa shape index (κ3) is 11.1. The molecule has 5 amide bonds. The largest absolute Gasteiger partial charge is 0.508 e. The molecule has 5 rings (SSSR count). The molecule has 294 valence electrons. The summed E-state index contributed by atoms with van der Waals surface area (Å²) in [5.74, 6) is -3.14. The first-order chi connectivity index (χ1) is 27.1. The number of amides is 5. The summed E-state index contributed by atoms with van der Waals surface area (Å²) < 4.78 is 0. The average Bonchev–Trinajstić information content (AvgIpc) is 3.80. The van der Waals surface area contributed by atoms with E-state index in [0.717, 1.165) is 32.9 Å². The third-order valence-corrected chi connectivity index (χ3v) is 9.47. The van der Waals surface area contributed by atoms with Gasteiger partial charge in [-0.15, -0.1) is 0 Å². The number of carbonyl (C=O) groups is 5. The van der Waals surface area contributed by atoms with Crippen molar-refractivity contribution >= 4 is 57.4 Å². The van der Waals surface area contributed by atoms with Gasteiger partial charge >= 0.3 is 0 Å². The quantitative estimate of drug-likeness (QED) is 0.0521. The van der Waals surface area contributed by atoms with Gasteiger partial charge in [0.1, 0.15) is 29.9 Å². The lowest BCUT2D eigenvalue weighted by molar-refractivity contribution is -0.134. The number of benzene rings is 3. The lowest BCUT2D eigenvalue weighted by Crippen LogP contribution is -2.58. The number of para-hydroxylation sites is 2. The summed E-state index contributed by atoms with van der Waals surface area (Å²) in [5, 5.41) is 22.3. The number of hydrogen-bond acceptors (Lipinski definition) is 8. The fourth-order valence-corrected chi connectivity index (χ4v) is 6.45. The minimum atomic E-state index is -1.19. The van der Waals surface area contributed by atoms with Crippen LogP contribution in [0.4, 0.5) is 0 Å². The molecule has 0 aliphatic carbocycles. The second-order valence-electron chi connectivity index (χ2n) is 13.6. The van der Waals surface area contributed by atoms with Gasteiger partial charge in [0, 0.05) is 53.1 Å². The molecular weight excluding hydrogens is 715 g/mol. The lowest BCUT2D eigenvalue weighted by Gasteiger charge is -2.26. The van der Waals surface area contributed by atoms with Crippen LogP contribution >= 0.6 is 0 Å². The number of phenols is 1. The van der Waals surface area contributed by atoms with Crippen molar-refractivity contribution in [3.63, 3.8) is 0 Å². The van der Waals surface area contributed by atoms with E-state index in [1.165, 1.54) is 24.3 Å². The van der Waals surface area contributed by atoms with Gasteiger partial charge in [-0.25, -0.2) is 0 Å². The Balaban J connectivity index is 1.34. The summed E-state index contributed by atoms with van der Waals surface area (Å²) in [4.78, 5) is 73.8. The summed E-state index contributed by atoms with van der Waals surface area (Å²) in [6.07, 6.45) is 7.57. The fraction of sp³-hybridized carbons (Fsp3) is 0.293. The van der Waals surface area contributed by atoms with Crippen LogP contribution in [0.25, 0.3) is 27.9 Å². The number of aromatic hydroxyl groups is 1. The van der Waals surface area contributed by atoms with Crippen LogP contribution in [0.15, 0.2) is 91.3 Å². The van der Waals surface area contributed by atoms with Gasteiger partial charge in [-0.1, -0.05) is 48.5 Å². The summed E-state index contributed by atoms with van der Waals surface area (Å²) >= 11 is 0. The molecule has 56 heavy (non-hydrogen) atoms. The molecule has 0 fully saturated rings. The zero-order valence-electron chi connectivity index (χ0n) is 30.9. The minimum Gasteiger partial charge on any atom is -0.508 e. The normalized spacial score (nSPS) is 13.5. The highest BCUT2D eigenvalue weighted by Gasteiger charge is 2.31. The van der Waals surface area contributed by atoms with Crippen LogP contribution in [-0.4, -0.2) is 81.9 Å². The van der Waals surface area contributed by atoms with Crippen molar-refractivity contribution in [2.75, 3.05) is 13.1 Å². The first kappa shape index (κ1) is 40.7. The smallest absolute Gasteiger partial charge is 0.244 e. The Morgan fingerprint density at radius 1 is 0.625 bits per heavy atom. The first-order valence-corrected chi connectivity index (χ1v) is 18.5. The number of hydrogen-bond donors (Lipinski definition) is 10. The molecule has 0 aliphatic rings. The zero-order valence-corrected chi connectivity index (χ0v) is 30.9. The number of aromatic nitrogens is 2. The number of fused-ring (bicyclic) bond motifs is 2. The Labute approximate surface area is 323 Å². The predicted octanol–water partition coefficient (Wildman–Crippen LogP) is 1.76. The Hall–Kier alpha value is -6.45. The molecular formula is C41H49N9O6. The number of nitrogens with one attached hydrogen (secondary N) is 6. The molecule has 0 spiro atoms. The van der Waals surface area contributed by atoms with Crippen molar-refractivity contribution in [3.05, 3.63) is 108 Å². The van der Waals surface area contributed by atoms with Crippen LogP contribution in [0.5, 0.6) is 5.75 Å². The number of H-pyrrole nitrogens is 2. The summed E-state index contributed by atoms with van der Waals surface area (Å²) in [6, 6.07) is 16.8. The summed E-state index contributed by atoms with van der Waals surface area (Å²) in [6.45, 7) is 0.486. The minimum absolute atomic E-state index is 0.0419. The topological polar surface area (TPSA) is 263 Å². The van der Waals surface area contributed by atoms with E-state index < -0.39 is 53.7 Å². The molecule has 0 saturated heterocycles. The molecule has 15 nitrogen and oxygen atoms in total. The molecule has 0 unspecified atom stereocenters. The van der Waals surface area contributed by atoms with E-state index in [1.54, 1.807) is 24.5 Å². The molecule has 2 heterocycles. The average molecular weight is 764 g/mol. The number of nitrogens with two attached hydrogens (primary N) is 3. The van der Waals surface area contributed by atoms with Gasteiger partial charge < -0.3 is 53.5 Å². The predicted molar refractivity (Wildman–Crippen MR) is 215 cm³/mol.